The normalized spacial score (nSPS) is 11.2. The van der Waals surface area contributed by atoms with Crippen LogP contribution in [0.15, 0.2) is 71.8 Å². The number of nitrogens with zero attached hydrogens (tertiary/aromatic N) is 1. The molecule has 0 bridgehead atoms. The van der Waals surface area contributed by atoms with Gasteiger partial charge in [-0.05, 0) is 48.5 Å². The molecule has 1 aromatic heterocycles. The number of aromatic amines is 1. The second kappa shape index (κ2) is 7.77. The van der Waals surface area contributed by atoms with Gasteiger partial charge in [0.25, 0.3) is 0 Å². The van der Waals surface area contributed by atoms with E-state index in [9.17, 15) is 0 Å². The van der Waals surface area contributed by atoms with Crippen molar-refractivity contribution in [3.63, 3.8) is 0 Å². The quantitative estimate of drug-likeness (QED) is 0.175. The van der Waals surface area contributed by atoms with Crippen molar-refractivity contribution in [2.45, 2.75) is 6.92 Å². The average Bonchev–Trinajstić information content (AvgIpc) is 3.06. The van der Waals surface area contributed by atoms with E-state index < -0.39 is 0 Å². The maximum Gasteiger partial charge on any atom is 0.184 e. The van der Waals surface area contributed by atoms with E-state index in [0.717, 1.165) is 38.9 Å². The highest BCUT2D eigenvalue weighted by molar-refractivity contribution is 7.80. The number of nitrogen functional groups attached to an aromatic ring is 1. The van der Waals surface area contributed by atoms with E-state index in [0.29, 0.717) is 5.69 Å². The Morgan fingerprint density at radius 2 is 1.79 bits per heavy atom. The van der Waals surface area contributed by atoms with Crippen LogP contribution in [0.5, 0.6) is 0 Å². The number of benzene rings is 3. The van der Waals surface area contributed by atoms with Crippen LogP contribution >= 0.6 is 12.2 Å². The highest BCUT2D eigenvalue weighted by atomic mass is 32.1. The van der Waals surface area contributed by atoms with Gasteiger partial charge in [-0.15, -0.1) is 0 Å². The molecule has 0 atom stereocenters. The lowest BCUT2D eigenvalue weighted by atomic mass is 9.96. The van der Waals surface area contributed by atoms with Gasteiger partial charge in [0.15, 0.2) is 5.11 Å². The number of H-pyrrole nitrogens is 1. The molecular weight excluding hydrogens is 378 g/mol. The number of aromatic nitrogens is 1. The van der Waals surface area contributed by atoms with Gasteiger partial charge in [-0.3, -0.25) is 5.43 Å². The van der Waals surface area contributed by atoms with E-state index in [-0.39, 0.29) is 5.11 Å². The molecule has 0 aliphatic carbocycles. The Hall–Kier alpha value is -3.64. The highest BCUT2D eigenvalue weighted by Gasteiger charge is 2.16. The van der Waals surface area contributed by atoms with Crippen molar-refractivity contribution < 1.29 is 0 Å². The van der Waals surface area contributed by atoms with E-state index in [1.807, 2.05) is 30.3 Å². The van der Waals surface area contributed by atoms with Crippen molar-refractivity contribution in [3.05, 3.63) is 77.9 Å². The van der Waals surface area contributed by atoms with E-state index in [1.54, 1.807) is 6.21 Å². The fraction of sp³-hybridized carbons (Fsp3) is 0.0435. The van der Waals surface area contributed by atoms with Gasteiger partial charge in [0, 0.05) is 27.7 Å². The molecule has 1 heterocycles. The number of hydrogen-bond donors (Lipinski definition) is 4. The largest absolute Gasteiger partial charge is 0.399 e. The minimum absolute atomic E-state index is 0.116. The summed E-state index contributed by atoms with van der Waals surface area (Å²) in [6.45, 7) is 2.09. The predicted octanol–water partition coefficient (Wildman–Crippen LogP) is 4.56. The summed E-state index contributed by atoms with van der Waals surface area (Å²) in [4.78, 5) is 3.53. The predicted molar refractivity (Wildman–Crippen MR) is 126 cm³/mol. The van der Waals surface area contributed by atoms with Crippen LogP contribution in [-0.2, 0) is 0 Å². The molecule has 0 radical (unpaired) electrons. The number of nitrogens with two attached hydrogens (primary N) is 2. The second-order valence-electron chi connectivity index (χ2n) is 6.87. The molecular formula is C23H21N5S. The Labute approximate surface area is 174 Å². The van der Waals surface area contributed by atoms with Crippen molar-refractivity contribution in [1.29, 1.82) is 0 Å². The van der Waals surface area contributed by atoms with Crippen LogP contribution in [0.25, 0.3) is 33.3 Å². The summed E-state index contributed by atoms with van der Waals surface area (Å²) in [7, 11) is 0. The zero-order valence-corrected chi connectivity index (χ0v) is 16.8. The maximum atomic E-state index is 6.02. The molecule has 0 unspecified atom stereocenters. The Morgan fingerprint density at radius 3 is 2.55 bits per heavy atom. The van der Waals surface area contributed by atoms with Crippen LogP contribution in [0.2, 0.25) is 0 Å². The van der Waals surface area contributed by atoms with Crippen LogP contribution in [-0.4, -0.2) is 16.3 Å². The van der Waals surface area contributed by atoms with Gasteiger partial charge in [0.2, 0.25) is 0 Å². The summed E-state index contributed by atoms with van der Waals surface area (Å²) in [5.74, 6) is 0. The fourth-order valence-electron chi connectivity index (χ4n) is 3.54. The van der Waals surface area contributed by atoms with Gasteiger partial charge in [-0.2, -0.15) is 5.10 Å². The van der Waals surface area contributed by atoms with E-state index in [4.69, 9.17) is 23.7 Å². The molecule has 4 rings (SSSR count). The Morgan fingerprint density at radius 1 is 1.03 bits per heavy atom. The number of hydrazone groups is 1. The van der Waals surface area contributed by atoms with E-state index in [1.165, 1.54) is 5.56 Å². The SMILES string of the molecule is Cc1cccc(-c2cccc3[nH]c(-c4cccc(N)c4)c(/C=N/NC(N)=S)c23)c1. The number of rotatable bonds is 4. The standard InChI is InChI=1S/C23H21N5S/c1-14-5-2-6-15(11-14)18-9-4-10-20-21(18)19(13-26-28-23(25)29)22(27-20)16-7-3-8-17(24)12-16/h2-13,27H,24H2,1H3,(H3,25,28,29)/b26-13+. The summed E-state index contributed by atoms with van der Waals surface area (Å²) >= 11 is 4.87. The molecule has 144 valence electrons. The first kappa shape index (κ1) is 18.7. The fourth-order valence-corrected chi connectivity index (χ4v) is 3.59. The van der Waals surface area contributed by atoms with Crippen LogP contribution in [0.1, 0.15) is 11.1 Å². The summed E-state index contributed by atoms with van der Waals surface area (Å²) in [6.07, 6.45) is 1.75. The topological polar surface area (TPSA) is 92.2 Å². The number of aryl methyl sites for hydroxylation is 1. The van der Waals surface area contributed by atoms with Gasteiger partial charge in [0.05, 0.1) is 11.9 Å². The Kier molecular flexibility index (Phi) is 5.01. The van der Waals surface area contributed by atoms with Crippen LogP contribution < -0.4 is 16.9 Å². The third kappa shape index (κ3) is 3.83. The van der Waals surface area contributed by atoms with Crippen molar-refractivity contribution in [3.8, 4) is 22.4 Å². The molecule has 0 aliphatic rings. The van der Waals surface area contributed by atoms with Crippen LogP contribution in [0.3, 0.4) is 0 Å². The highest BCUT2D eigenvalue weighted by Crippen LogP contribution is 2.36. The lowest BCUT2D eigenvalue weighted by molar-refractivity contribution is 1.04. The molecule has 6 N–H and O–H groups in total. The zero-order valence-electron chi connectivity index (χ0n) is 15.9. The van der Waals surface area contributed by atoms with Gasteiger partial charge >= 0.3 is 0 Å². The smallest absolute Gasteiger partial charge is 0.184 e. The van der Waals surface area contributed by atoms with E-state index >= 15 is 0 Å². The van der Waals surface area contributed by atoms with Crippen molar-refractivity contribution in [2.75, 3.05) is 5.73 Å². The summed E-state index contributed by atoms with van der Waals surface area (Å²) in [6, 6.07) is 22.4. The second-order valence-corrected chi connectivity index (χ2v) is 7.31. The van der Waals surface area contributed by atoms with E-state index in [2.05, 4.69) is 58.8 Å². The number of hydrogen-bond acceptors (Lipinski definition) is 3. The number of thiocarbonyl (C=S) groups is 1. The molecule has 3 aromatic carbocycles. The molecule has 29 heavy (non-hydrogen) atoms. The molecule has 0 spiro atoms. The maximum absolute atomic E-state index is 6.02. The number of anilines is 1. The Balaban J connectivity index is 2.00. The van der Waals surface area contributed by atoms with Gasteiger partial charge in [-0.1, -0.05) is 54.1 Å². The molecule has 0 amide bonds. The zero-order chi connectivity index (χ0) is 20.4. The monoisotopic (exact) mass is 399 g/mol. The average molecular weight is 400 g/mol. The van der Waals surface area contributed by atoms with Crippen molar-refractivity contribution in [2.24, 2.45) is 10.8 Å². The third-order valence-electron chi connectivity index (χ3n) is 4.74. The Bertz CT molecular complexity index is 1240. The molecule has 4 aromatic rings. The third-order valence-corrected chi connectivity index (χ3v) is 4.83. The first-order chi connectivity index (χ1) is 14.0. The van der Waals surface area contributed by atoms with Gasteiger partial charge in [-0.25, -0.2) is 0 Å². The van der Waals surface area contributed by atoms with Crippen molar-refractivity contribution >= 4 is 40.1 Å². The molecule has 0 aliphatic heterocycles. The van der Waals surface area contributed by atoms with Crippen molar-refractivity contribution in [1.82, 2.24) is 10.4 Å². The molecule has 0 saturated heterocycles. The number of nitrogens with one attached hydrogen (secondary N) is 2. The lowest BCUT2D eigenvalue weighted by Gasteiger charge is -2.07. The lowest BCUT2D eigenvalue weighted by Crippen LogP contribution is -2.24. The molecule has 0 fully saturated rings. The first-order valence-electron chi connectivity index (χ1n) is 9.19. The first-order valence-corrected chi connectivity index (χ1v) is 9.60. The number of fused-ring (bicyclic) bond motifs is 1. The molecule has 6 heteroatoms. The minimum atomic E-state index is 0.116. The molecule has 5 nitrogen and oxygen atoms in total. The summed E-state index contributed by atoms with van der Waals surface area (Å²) in [5, 5.41) is 5.42. The minimum Gasteiger partial charge on any atom is -0.399 e. The van der Waals surface area contributed by atoms with Gasteiger partial charge < -0.3 is 16.5 Å². The van der Waals surface area contributed by atoms with Gasteiger partial charge in [0.1, 0.15) is 0 Å². The summed E-state index contributed by atoms with van der Waals surface area (Å²) in [5.41, 5.74) is 22.2. The van der Waals surface area contributed by atoms with Crippen LogP contribution in [0.4, 0.5) is 5.69 Å². The van der Waals surface area contributed by atoms with Crippen LogP contribution in [0, 0.1) is 6.92 Å². The summed E-state index contributed by atoms with van der Waals surface area (Å²) < 4.78 is 0. The molecule has 0 saturated carbocycles.